The predicted molar refractivity (Wildman–Crippen MR) is 62.5 cm³/mol. The van der Waals surface area contributed by atoms with Crippen molar-refractivity contribution in [3.8, 4) is 0 Å². The zero-order valence-corrected chi connectivity index (χ0v) is 10.2. The zero-order valence-electron chi connectivity index (χ0n) is 10.2. The normalized spacial score (nSPS) is 12.4. The lowest BCUT2D eigenvalue weighted by molar-refractivity contribution is -0.133. The number of rotatable bonds is 7. The number of hydrogen-bond donors (Lipinski definition) is 1. The van der Waals surface area contributed by atoms with Gasteiger partial charge in [-0.05, 0) is 13.0 Å². The monoisotopic (exact) mass is 241 g/mol. The SMILES string of the molecule is CC(C(=O)N(C)CCOCCO)n1cccn1. The fraction of sp³-hybridized carbons (Fsp3) is 0.636. The number of carbonyl (C=O) groups is 1. The average Bonchev–Trinajstić information content (AvgIpc) is 2.86. The Morgan fingerprint density at radius 2 is 2.35 bits per heavy atom. The Balaban J connectivity index is 2.36. The van der Waals surface area contributed by atoms with Gasteiger partial charge >= 0.3 is 0 Å². The van der Waals surface area contributed by atoms with Gasteiger partial charge in [-0.1, -0.05) is 0 Å². The van der Waals surface area contributed by atoms with E-state index in [9.17, 15) is 4.79 Å². The first kappa shape index (κ1) is 13.7. The maximum absolute atomic E-state index is 12.0. The Kier molecular flexibility index (Phi) is 5.65. The molecule has 1 atom stereocenters. The zero-order chi connectivity index (χ0) is 12.7. The highest BCUT2D eigenvalue weighted by molar-refractivity contribution is 5.79. The van der Waals surface area contributed by atoms with E-state index in [0.717, 1.165) is 0 Å². The van der Waals surface area contributed by atoms with Crippen LogP contribution in [0.5, 0.6) is 0 Å². The summed E-state index contributed by atoms with van der Waals surface area (Å²) in [6.07, 6.45) is 3.41. The molecule has 1 rings (SSSR count). The summed E-state index contributed by atoms with van der Waals surface area (Å²) in [7, 11) is 1.73. The van der Waals surface area contributed by atoms with Crippen molar-refractivity contribution in [2.45, 2.75) is 13.0 Å². The van der Waals surface area contributed by atoms with Gasteiger partial charge in [0.15, 0.2) is 0 Å². The van der Waals surface area contributed by atoms with Crippen LogP contribution in [0.25, 0.3) is 0 Å². The van der Waals surface area contributed by atoms with Crippen molar-refractivity contribution in [1.82, 2.24) is 14.7 Å². The fourth-order valence-corrected chi connectivity index (χ4v) is 1.42. The van der Waals surface area contributed by atoms with Crippen molar-refractivity contribution < 1.29 is 14.6 Å². The highest BCUT2D eigenvalue weighted by Gasteiger charge is 2.18. The van der Waals surface area contributed by atoms with E-state index >= 15 is 0 Å². The van der Waals surface area contributed by atoms with Gasteiger partial charge in [0.05, 0.1) is 19.8 Å². The lowest BCUT2D eigenvalue weighted by Gasteiger charge is -2.21. The van der Waals surface area contributed by atoms with E-state index in [1.807, 2.05) is 0 Å². The first-order valence-electron chi connectivity index (χ1n) is 5.59. The molecule has 1 N–H and O–H groups in total. The Morgan fingerprint density at radius 1 is 1.59 bits per heavy atom. The number of nitrogens with zero attached hydrogens (tertiary/aromatic N) is 3. The molecule has 1 heterocycles. The number of aliphatic hydroxyl groups excluding tert-OH is 1. The van der Waals surface area contributed by atoms with Gasteiger partial charge < -0.3 is 14.7 Å². The highest BCUT2D eigenvalue weighted by Crippen LogP contribution is 2.06. The summed E-state index contributed by atoms with van der Waals surface area (Å²) < 4.78 is 6.73. The van der Waals surface area contributed by atoms with Crippen molar-refractivity contribution >= 4 is 5.91 Å². The van der Waals surface area contributed by atoms with Crippen molar-refractivity contribution in [1.29, 1.82) is 0 Å². The smallest absolute Gasteiger partial charge is 0.246 e. The van der Waals surface area contributed by atoms with Crippen LogP contribution in [0.2, 0.25) is 0 Å². The van der Waals surface area contributed by atoms with Crippen LogP contribution in [0.1, 0.15) is 13.0 Å². The first-order chi connectivity index (χ1) is 8.16. The molecule has 6 heteroatoms. The van der Waals surface area contributed by atoms with E-state index in [4.69, 9.17) is 9.84 Å². The van der Waals surface area contributed by atoms with Gasteiger partial charge in [0.1, 0.15) is 6.04 Å². The van der Waals surface area contributed by atoms with Crippen LogP contribution in [0.3, 0.4) is 0 Å². The van der Waals surface area contributed by atoms with Crippen molar-refractivity contribution in [2.24, 2.45) is 0 Å². The van der Waals surface area contributed by atoms with Crippen LogP contribution < -0.4 is 0 Å². The van der Waals surface area contributed by atoms with Crippen LogP contribution in [0.4, 0.5) is 0 Å². The molecule has 96 valence electrons. The molecular weight excluding hydrogens is 222 g/mol. The minimum absolute atomic E-state index is 0.00134. The summed E-state index contributed by atoms with van der Waals surface area (Å²) in [5, 5.41) is 12.6. The first-order valence-corrected chi connectivity index (χ1v) is 5.59. The molecule has 0 radical (unpaired) electrons. The lowest BCUT2D eigenvalue weighted by atomic mass is 10.3. The summed E-state index contributed by atoms with van der Waals surface area (Å²) in [5.41, 5.74) is 0. The molecule has 0 aliphatic heterocycles. The largest absolute Gasteiger partial charge is 0.394 e. The Hall–Kier alpha value is -1.40. The van der Waals surface area contributed by atoms with Crippen LogP contribution in [-0.4, -0.2) is 59.1 Å². The van der Waals surface area contributed by atoms with Gasteiger partial charge in [-0.15, -0.1) is 0 Å². The second kappa shape index (κ2) is 7.03. The van der Waals surface area contributed by atoms with Crippen molar-refractivity contribution in [2.75, 3.05) is 33.4 Å². The molecular formula is C11H19N3O3. The molecule has 0 saturated carbocycles. The maximum atomic E-state index is 12.0. The standard InChI is InChI=1S/C11H19N3O3/c1-10(14-5-3-4-12-14)11(16)13(2)6-8-17-9-7-15/h3-5,10,15H,6-9H2,1-2H3. The van der Waals surface area contributed by atoms with Gasteiger partial charge in [-0.2, -0.15) is 5.10 Å². The number of carbonyl (C=O) groups excluding carboxylic acids is 1. The van der Waals surface area contributed by atoms with E-state index < -0.39 is 0 Å². The van der Waals surface area contributed by atoms with E-state index in [-0.39, 0.29) is 18.6 Å². The molecule has 6 nitrogen and oxygen atoms in total. The number of ether oxygens (including phenoxy) is 1. The van der Waals surface area contributed by atoms with Crippen LogP contribution in [-0.2, 0) is 9.53 Å². The van der Waals surface area contributed by atoms with Gasteiger partial charge in [-0.3, -0.25) is 9.48 Å². The fourth-order valence-electron chi connectivity index (χ4n) is 1.42. The molecule has 17 heavy (non-hydrogen) atoms. The Labute approximate surface area is 101 Å². The van der Waals surface area contributed by atoms with E-state index in [1.165, 1.54) is 0 Å². The molecule has 1 unspecified atom stereocenters. The van der Waals surface area contributed by atoms with Crippen molar-refractivity contribution in [3.63, 3.8) is 0 Å². The van der Waals surface area contributed by atoms with Gasteiger partial charge in [0.2, 0.25) is 5.91 Å². The molecule has 0 saturated heterocycles. The average molecular weight is 241 g/mol. The molecule has 1 aromatic heterocycles. The third-order valence-electron chi connectivity index (χ3n) is 2.46. The number of amides is 1. The molecule has 0 aliphatic carbocycles. The topological polar surface area (TPSA) is 67.6 Å². The van der Waals surface area contributed by atoms with Gasteiger partial charge in [0, 0.05) is 26.0 Å². The van der Waals surface area contributed by atoms with Crippen LogP contribution >= 0.6 is 0 Å². The van der Waals surface area contributed by atoms with E-state index in [2.05, 4.69) is 5.10 Å². The molecule has 0 aliphatic rings. The number of likely N-dealkylation sites (N-methyl/N-ethyl adjacent to an activating group) is 1. The minimum atomic E-state index is -0.312. The maximum Gasteiger partial charge on any atom is 0.246 e. The lowest BCUT2D eigenvalue weighted by Crippen LogP contribution is -2.35. The van der Waals surface area contributed by atoms with Gasteiger partial charge in [-0.25, -0.2) is 0 Å². The summed E-state index contributed by atoms with van der Waals surface area (Å²) >= 11 is 0. The van der Waals surface area contributed by atoms with Crippen LogP contribution in [0.15, 0.2) is 18.5 Å². The van der Waals surface area contributed by atoms with E-state index in [0.29, 0.717) is 19.8 Å². The summed E-state index contributed by atoms with van der Waals surface area (Å²) in [4.78, 5) is 13.6. The minimum Gasteiger partial charge on any atom is -0.394 e. The second-order valence-corrected chi connectivity index (χ2v) is 3.76. The summed E-state index contributed by atoms with van der Waals surface area (Å²) in [5.74, 6) is -0.0127. The molecule has 0 fully saturated rings. The molecule has 0 bridgehead atoms. The molecule has 0 aromatic carbocycles. The van der Waals surface area contributed by atoms with E-state index in [1.54, 1.807) is 42.0 Å². The third kappa shape index (κ3) is 4.16. The molecule has 0 spiro atoms. The second-order valence-electron chi connectivity index (χ2n) is 3.76. The molecule has 1 amide bonds. The quantitative estimate of drug-likeness (QED) is 0.678. The third-order valence-corrected chi connectivity index (χ3v) is 2.46. The molecule has 1 aromatic rings. The number of aliphatic hydroxyl groups is 1. The Bertz CT molecular complexity index is 327. The predicted octanol–water partition coefficient (Wildman–Crippen LogP) is -0.0886. The number of hydrogen-bond acceptors (Lipinski definition) is 4. The van der Waals surface area contributed by atoms with Crippen molar-refractivity contribution in [3.05, 3.63) is 18.5 Å². The number of aromatic nitrogens is 2. The Morgan fingerprint density at radius 3 is 2.94 bits per heavy atom. The summed E-state index contributed by atoms with van der Waals surface area (Å²) in [6, 6.07) is 1.47. The summed E-state index contributed by atoms with van der Waals surface area (Å²) in [6.45, 7) is 3.04. The highest BCUT2D eigenvalue weighted by atomic mass is 16.5. The van der Waals surface area contributed by atoms with Gasteiger partial charge in [0.25, 0.3) is 0 Å². The van der Waals surface area contributed by atoms with Crippen LogP contribution in [0, 0.1) is 0 Å².